The molecule has 2 fully saturated rings. The minimum Gasteiger partial charge on any atom is -0.349 e. The second-order valence-corrected chi connectivity index (χ2v) is 9.52. The Morgan fingerprint density at radius 3 is 2.74 bits per heavy atom. The number of nitrogens with zero attached hydrogens (tertiary/aromatic N) is 2. The molecule has 0 aliphatic carbocycles. The van der Waals surface area contributed by atoms with Crippen molar-refractivity contribution < 1.29 is 13.2 Å². The fourth-order valence-corrected chi connectivity index (χ4v) is 5.70. The summed E-state index contributed by atoms with van der Waals surface area (Å²) in [5.41, 5.74) is 0.0889. The fourth-order valence-electron chi connectivity index (χ4n) is 3.94. The van der Waals surface area contributed by atoms with Gasteiger partial charge in [-0.25, -0.2) is 13.4 Å². The molecule has 1 atom stereocenters. The Kier molecular flexibility index (Phi) is 4.73. The van der Waals surface area contributed by atoms with Gasteiger partial charge in [-0.05, 0) is 37.5 Å². The number of sulfone groups is 1. The average molecular weight is 390 g/mol. The van der Waals surface area contributed by atoms with Crippen LogP contribution in [0.4, 0.5) is 0 Å². The zero-order valence-electron chi connectivity index (χ0n) is 14.8. The maximum Gasteiger partial charge on any atom is 0.262 e. The van der Waals surface area contributed by atoms with Crippen LogP contribution in [0.25, 0.3) is 11.0 Å². The number of pyridine rings is 2. The number of fused-ring (bicyclic) bond motifs is 1. The number of likely N-dealkylation sites (tertiary alicyclic amines) is 1. The highest BCUT2D eigenvalue weighted by molar-refractivity contribution is 7.91. The highest BCUT2D eigenvalue weighted by Crippen LogP contribution is 2.22. The molecule has 9 heteroatoms. The molecule has 2 aromatic heterocycles. The third-order valence-electron chi connectivity index (χ3n) is 5.45. The van der Waals surface area contributed by atoms with Gasteiger partial charge in [0.1, 0.15) is 11.2 Å². The van der Waals surface area contributed by atoms with E-state index in [9.17, 15) is 18.0 Å². The van der Waals surface area contributed by atoms with Gasteiger partial charge in [0, 0.05) is 36.8 Å². The molecule has 144 valence electrons. The quantitative estimate of drug-likeness (QED) is 0.780. The molecule has 0 saturated carbocycles. The third kappa shape index (κ3) is 3.89. The van der Waals surface area contributed by atoms with Crippen LogP contribution in [0.5, 0.6) is 0 Å². The van der Waals surface area contributed by atoms with Gasteiger partial charge in [-0.1, -0.05) is 0 Å². The first kappa shape index (κ1) is 18.1. The number of hydrogen-bond acceptors (Lipinski definition) is 6. The normalized spacial score (nSPS) is 23.5. The molecule has 27 heavy (non-hydrogen) atoms. The summed E-state index contributed by atoms with van der Waals surface area (Å²) in [6.07, 6.45) is 3.77. The van der Waals surface area contributed by atoms with E-state index in [2.05, 4.69) is 20.2 Å². The van der Waals surface area contributed by atoms with Crippen molar-refractivity contribution in [2.75, 3.05) is 24.6 Å². The Labute approximate surface area is 156 Å². The van der Waals surface area contributed by atoms with E-state index < -0.39 is 15.4 Å². The molecule has 0 aromatic carbocycles. The number of nitrogens with one attached hydrogen (secondary N) is 2. The second-order valence-electron chi connectivity index (χ2n) is 7.29. The smallest absolute Gasteiger partial charge is 0.262 e. The number of aromatic nitrogens is 2. The zero-order valence-corrected chi connectivity index (χ0v) is 15.7. The van der Waals surface area contributed by atoms with E-state index in [-0.39, 0.29) is 35.1 Å². The summed E-state index contributed by atoms with van der Waals surface area (Å²) in [5, 5.41) is 3.65. The van der Waals surface area contributed by atoms with Crippen molar-refractivity contribution in [2.45, 2.75) is 31.3 Å². The van der Waals surface area contributed by atoms with Gasteiger partial charge in [0.25, 0.3) is 11.5 Å². The molecule has 0 bridgehead atoms. The molecule has 2 saturated heterocycles. The van der Waals surface area contributed by atoms with Crippen molar-refractivity contribution in [2.24, 2.45) is 0 Å². The number of carbonyl (C=O) groups excluding carboxylic acids is 1. The molecule has 2 aliphatic heterocycles. The first-order valence-corrected chi connectivity index (χ1v) is 11.0. The maximum atomic E-state index is 12.6. The highest BCUT2D eigenvalue weighted by atomic mass is 32.2. The Bertz CT molecular complexity index is 1030. The van der Waals surface area contributed by atoms with E-state index in [1.165, 1.54) is 0 Å². The van der Waals surface area contributed by atoms with Crippen LogP contribution < -0.4 is 10.9 Å². The summed E-state index contributed by atoms with van der Waals surface area (Å²) < 4.78 is 23.3. The van der Waals surface area contributed by atoms with Gasteiger partial charge in [-0.2, -0.15) is 0 Å². The summed E-state index contributed by atoms with van der Waals surface area (Å²) in [7, 11) is -2.89. The monoisotopic (exact) mass is 390 g/mol. The van der Waals surface area contributed by atoms with Crippen LogP contribution >= 0.6 is 0 Å². The van der Waals surface area contributed by atoms with Crippen LogP contribution in [0, 0.1) is 0 Å². The van der Waals surface area contributed by atoms with E-state index in [0.29, 0.717) is 17.5 Å². The molecule has 8 nitrogen and oxygen atoms in total. The topological polar surface area (TPSA) is 112 Å². The molecule has 1 amide bonds. The number of rotatable bonds is 3. The van der Waals surface area contributed by atoms with Gasteiger partial charge in [0.2, 0.25) is 0 Å². The first-order valence-electron chi connectivity index (χ1n) is 9.15. The lowest BCUT2D eigenvalue weighted by Crippen LogP contribution is -2.48. The maximum absolute atomic E-state index is 12.6. The highest BCUT2D eigenvalue weighted by Gasteiger charge is 2.34. The van der Waals surface area contributed by atoms with Gasteiger partial charge in [-0.15, -0.1) is 0 Å². The lowest BCUT2D eigenvalue weighted by Gasteiger charge is -2.35. The van der Waals surface area contributed by atoms with Crippen molar-refractivity contribution in [1.29, 1.82) is 0 Å². The van der Waals surface area contributed by atoms with Crippen molar-refractivity contribution in [3.8, 4) is 0 Å². The molecule has 0 radical (unpaired) electrons. The predicted molar refractivity (Wildman–Crippen MR) is 101 cm³/mol. The Morgan fingerprint density at radius 1 is 1.26 bits per heavy atom. The van der Waals surface area contributed by atoms with Crippen molar-refractivity contribution in [3.05, 3.63) is 40.3 Å². The average Bonchev–Trinajstić information content (AvgIpc) is 3.01. The minimum absolute atomic E-state index is 0.0178. The summed E-state index contributed by atoms with van der Waals surface area (Å²) >= 11 is 0. The standard InChI is InChI=1S/C18H22N4O4S/c23-17(15-10-12-2-1-6-19-16(12)21-18(15)24)20-13-3-7-22(8-4-13)14-5-9-27(25,26)11-14/h1-2,6,10,13-14H,3-5,7-9,11H2,(H,20,23)(H,19,21,24)/t14-/m0/s1. The van der Waals surface area contributed by atoms with Crippen molar-refractivity contribution in [1.82, 2.24) is 20.2 Å². The molecule has 0 unspecified atom stereocenters. The van der Waals surface area contributed by atoms with Crippen LogP contribution in [0.1, 0.15) is 29.6 Å². The Hall–Kier alpha value is -2.26. The van der Waals surface area contributed by atoms with Crippen molar-refractivity contribution in [3.63, 3.8) is 0 Å². The Morgan fingerprint density at radius 2 is 2.04 bits per heavy atom. The zero-order chi connectivity index (χ0) is 19.0. The number of H-pyrrole nitrogens is 1. The third-order valence-corrected chi connectivity index (χ3v) is 7.20. The van der Waals surface area contributed by atoms with Crippen LogP contribution in [-0.2, 0) is 9.84 Å². The SMILES string of the molecule is O=C(NC1CCN([C@H]2CCS(=O)(=O)C2)CC1)c1cc2cccnc2[nH]c1=O. The largest absolute Gasteiger partial charge is 0.349 e. The van der Waals surface area contributed by atoms with Crippen LogP contribution in [0.15, 0.2) is 29.2 Å². The van der Waals surface area contributed by atoms with E-state index in [4.69, 9.17) is 0 Å². The molecule has 4 rings (SSSR count). The number of amides is 1. The molecular weight excluding hydrogens is 368 g/mol. The molecule has 2 aliphatic rings. The Balaban J connectivity index is 1.39. The van der Waals surface area contributed by atoms with Gasteiger partial charge in [-0.3, -0.25) is 14.5 Å². The van der Waals surface area contributed by atoms with Crippen molar-refractivity contribution >= 4 is 26.8 Å². The van der Waals surface area contributed by atoms with E-state index in [1.807, 2.05) is 0 Å². The van der Waals surface area contributed by atoms with E-state index >= 15 is 0 Å². The van der Waals surface area contributed by atoms with Gasteiger partial charge < -0.3 is 10.3 Å². The van der Waals surface area contributed by atoms with Gasteiger partial charge in [0.05, 0.1) is 11.5 Å². The van der Waals surface area contributed by atoms with Gasteiger partial charge >= 0.3 is 0 Å². The fraction of sp³-hybridized carbons (Fsp3) is 0.500. The summed E-state index contributed by atoms with van der Waals surface area (Å²) in [6, 6.07) is 5.19. The molecule has 2 aromatic rings. The first-order chi connectivity index (χ1) is 12.9. The van der Waals surface area contributed by atoms with Crippen LogP contribution in [0.2, 0.25) is 0 Å². The van der Waals surface area contributed by atoms with E-state index in [1.54, 1.807) is 24.4 Å². The minimum atomic E-state index is -2.89. The van der Waals surface area contributed by atoms with E-state index in [0.717, 1.165) is 25.9 Å². The lowest BCUT2D eigenvalue weighted by atomic mass is 10.0. The predicted octanol–water partition coefficient (Wildman–Crippen LogP) is 0.304. The molecule has 0 spiro atoms. The lowest BCUT2D eigenvalue weighted by molar-refractivity contribution is 0.0896. The molecular formula is C18H22N4O4S. The second kappa shape index (κ2) is 7.05. The van der Waals surface area contributed by atoms with Crippen LogP contribution in [-0.4, -0.2) is 65.9 Å². The summed E-state index contributed by atoms with van der Waals surface area (Å²) in [6.45, 7) is 1.51. The number of carbonyl (C=O) groups is 1. The van der Waals surface area contributed by atoms with Crippen LogP contribution in [0.3, 0.4) is 0 Å². The summed E-state index contributed by atoms with van der Waals surface area (Å²) in [5.74, 6) is 0.127. The van der Waals surface area contributed by atoms with Gasteiger partial charge in [0.15, 0.2) is 9.84 Å². The number of piperidine rings is 1. The number of hydrogen-bond donors (Lipinski definition) is 2. The summed E-state index contributed by atoms with van der Waals surface area (Å²) in [4.78, 5) is 33.7. The molecule has 2 N–H and O–H groups in total. The molecule has 4 heterocycles. The number of aromatic amines is 1.